The van der Waals surface area contributed by atoms with Crippen LogP contribution in [0, 0.1) is 6.92 Å². The molecule has 1 saturated heterocycles. The van der Waals surface area contributed by atoms with E-state index in [0.717, 1.165) is 37.3 Å². The second-order valence-electron chi connectivity index (χ2n) is 4.80. The highest BCUT2D eigenvalue weighted by Crippen LogP contribution is 2.11. The van der Waals surface area contributed by atoms with Crippen molar-refractivity contribution >= 4 is 11.6 Å². The van der Waals surface area contributed by atoms with Gasteiger partial charge in [0.1, 0.15) is 0 Å². The van der Waals surface area contributed by atoms with Gasteiger partial charge in [0, 0.05) is 25.3 Å². The minimum absolute atomic E-state index is 0.0153. The van der Waals surface area contributed by atoms with Gasteiger partial charge in [-0.15, -0.1) is 0 Å². The summed E-state index contributed by atoms with van der Waals surface area (Å²) in [7, 11) is 0. The molecular weight excluding hydrogens is 228 g/mol. The van der Waals surface area contributed by atoms with Crippen molar-refractivity contribution in [1.82, 2.24) is 9.88 Å². The fraction of sp³-hybridized carbons (Fsp3) is 0.538. The highest BCUT2D eigenvalue weighted by Gasteiger charge is 2.18. The lowest BCUT2D eigenvalue weighted by Crippen LogP contribution is -2.43. The van der Waals surface area contributed by atoms with E-state index in [1.807, 2.05) is 19.1 Å². The normalized spacial score (nSPS) is 17.7. The average Bonchev–Trinajstić information content (AvgIpc) is 2.35. The van der Waals surface area contributed by atoms with E-state index in [1.165, 1.54) is 0 Å². The number of piperidine rings is 1. The van der Waals surface area contributed by atoms with Crippen LogP contribution >= 0.6 is 0 Å². The van der Waals surface area contributed by atoms with Crippen LogP contribution in [0.1, 0.15) is 18.5 Å². The standard InChI is InChI=1S/C13H20N4O/c1-10-12(3-2-6-15-10)16-13(18)9-17-7-4-11(14)5-8-17/h2-3,6,11H,4-5,7-9,14H2,1H3,(H,16,18). The summed E-state index contributed by atoms with van der Waals surface area (Å²) in [4.78, 5) is 18.2. The number of anilines is 1. The molecule has 2 heterocycles. The van der Waals surface area contributed by atoms with Crippen LogP contribution in [0.3, 0.4) is 0 Å². The number of carbonyl (C=O) groups excluding carboxylic acids is 1. The van der Waals surface area contributed by atoms with Gasteiger partial charge >= 0.3 is 0 Å². The molecule has 1 aliphatic heterocycles. The van der Waals surface area contributed by atoms with E-state index in [2.05, 4.69) is 15.2 Å². The first-order valence-corrected chi connectivity index (χ1v) is 6.34. The predicted octanol–water partition coefficient (Wildman–Crippen LogP) is 0.752. The fourth-order valence-corrected chi connectivity index (χ4v) is 2.12. The SMILES string of the molecule is Cc1ncccc1NC(=O)CN1CCC(N)CC1. The van der Waals surface area contributed by atoms with Crippen molar-refractivity contribution in [2.24, 2.45) is 5.73 Å². The maximum absolute atomic E-state index is 11.9. The van der Waals surface area contributed by atoms with Gasteiger partial charge in [-0.2, -0.15) is 0 Å². The summed E-state index contributed by atoms with van der Waals surface area (Å²) in [6.07, 6.45) is 3.66. The lowest BCUT2D eigenvalue weighted by atomic mass is 10.1. The second-order valence-corrected chi connectivity index (χ2v) is 4.80. The molecule has 0 bridgehead atoms. The monoisotopic (exact) mass is 248 g/mol. The topological polar surface area (TPSA) is 71.2 Å². The highest BCUT2D eigenvalue weighted by molar-refractivity contribution is 5.92. The number of carbonyl (C=O) groups is 1. The molecular formula is C13H20N4O. The van der Waals surface area contributed by atoms with Crippen molar-refractivity contribution in [2.75, 3.05) is 25.0 Å². The Kier molecular flexibility index (Phi) is 4.28. The number of nitrogens with two attached hydrogens (primary N) is 1. The molecule has 1 amide bonds. The number of nitrogens with zero attached hydrogens (tertiary/aromatic N) is 2. The molecule has 1 aromatic heterocycles. The van der Waals surface area contributed by atoms with Gasteiger partial charge in [-0.1, -0.05) is 0 Å². The Morgan fingerprint density at radius 3 is 2.94 bits per heavy atom. The van der Waals surface area contributed by atoms with Crippen LogP contribution in [0.25, 0.3) is 0 Å². The van der Waals surface area contributed by atoms with Crippen molar-refractivity contribution in [1.29, 1.82) is 0 Å². The van der Waals surface area contributed by atoms with Gasteiger partial charge in [0.25, 0.3) is 0 Å². The number of aromatic nitrogens is 1. The van der Waals surface area contributed by atoms with Crippen LogP contribution in [0.2, 0.25) is 0 Å². The van der Waals surface area contributed by atoms with E-state index in [4.69, 9.17) is 5.73 Å². The van der Waals surface area contributed by atoms with Crippen LogP contribution in [0.15, 0.2) is 18.3 Å². The summed E-state index contributed by atoms with van der Waals surface area (Å²) < 4.78 is 0. The average molecular weight is 248 g/mol. The first-order chi connectivity index (χ1) is 8.65. The van der Waals surface area contributed by atoms with Gasteiger partial charge in [0.15, 0.2) is 0 Å². The third-order valence-electron chi connectivity index (χ3n) is 3.28. The van der Waals surface area contributed by atoms with Gasteiger partial charge in [-0.05, 0) is 31.9 Å². The van der Waals surface area contributed by atoms with Crippen molar-refractivity contribution in [3.63, 3.8) is 0 Å². The van der Waals surface area contributed by atoms with Crippen molar-refractivity contribution < 1.29 is 4.79 Å². The van der Waals surface area contributed by atoms with Crippen LogP contribution < -0.4 is 11.1 Å². The third-order valence-corrected chi connectivity index (χ3v) is 3.28. The number of hydrogen-bond donors (Lipinski definition) is 2. The van der Waals surface area contributed by atoms with Gasteiger partial charge < -0.3 is 11.1 Å². The molecule has 0 aromatic carbocycles. The smallest absolute Gasteiger partial charge is 0.238 e. The zero-order valence-corrected chi connectivity index (χ0v) is 10.7. The molecule has 0 radical (unpaired) electrons. The Hall–Kier alpha value is -1.46. The van der Waals surface area contributed by atoms with Crippen LogP contribution in [0.5, 0.6) is 0 Å². The molecule has 0 unspecified atom stereocenters. The van der Waals surface area contributed by atoms with Crippen LogP contribution in [-0.2, 0) is 4.79 Å². The number of likely N-dealkylation sites (tertiary alicyclic amines) is 1. The second kappa shape index (κ2) is 5.93. The molecule has 1 fully saturated rings. The summed E-state index contributed by atoms with van der Waals surface area (Å²) >= 11 is 0. The zero-order chi connectivity index (χ0) is 13.0. The number of aryl methyl sites for hydroxylation is 1. The Labute approximate surface area is 107 Å². The summed E-state index contributed by atoms with van der Waals surface area (Å²) in [6, 6.07) is 3.99. The molecule has 0 atom stereocenters. The molecule has 98 valence electrons. The van der Waals surface area contributed by atoms with Crippen LogP contribution in [0.4, 0.5) is 5.69 Å². The van der Waals surface area contributed by atoms with Gasteiger partial charge in [0.05, 0.1) is 17.9 Å². The third kappa shape index (κ3) is 3.51. The maximum atomic E-state index is 11.9. The largest absolute Gasteiger partial charge is 0.328 e. The van der Waals surface area contributed by atoms with Gasteiger partial charge in [-0.25, -0.2) is 0 Å². The molecule has 1 aromatic rings. The predicted molar refractivity (Wildman–Crippen MR) is 71.3 cm³/mol. The van der Waals surface area contributed by atoms with Crippen molar-refractivity contribution in [3.05, 3.63) is 24.0 Å². The fourth-order valence-electron chi connectivity index (χ4n) is 2.12. The number of amides is 1. The molecule has 0 spiro atoms. The van der Waals surface area contributed by atoms with E-state index < -0.39 is 0 Å². The molecule has 2 rings (SSSR count). The minimum Gasteiger partial charge on any atom is -0.328 e. The molecule has 0 aliphatic carbocycles. The van der Waals surface area contributed by atoms with E-state index in [-0.39, 0.29) is 5.91 Å². The molecule has 1 aliphatic rings. The highest BCUT2D eigenvalue weighted by atomic mass is 16.2. The Morgan fingerprint density at radius 1 is 1.56 bits per heavy atom. The van der Waals surface area contributed by atoms with Crippen molar-refractivity contribution in [2.45, 2.75) is 25.8 Å². The number of hydrogen-bond acceptors (Lipinski definition) is 4. The van der Waals surface area contributed by atoms with E-state index in [9.17, 15) is 4.79 Å². The first kappa shape index (κ1) is 13.0. The Bertz CT molecular complexity index is 413. The summed E-state index contributed by atoms with van der Waals surface area (Å²) in [6.45, 7) is 4.12. The van der Waals surface area contributed by atoms with Gasteiger partial charge in [0.2, 0.25) is 5.91 Å². The molecule has 3 N–H and O–H groups in total. The zero-order valence-electron chi connectivity index (χ0n) is 10.7. The summed E-state index contributed by atoms with van der Waals surface area (Å²) in [5.74, 6) is 0.0153. The van der Waals surface area contributed by atoms with E-state index in [1.54, 1.807) is 6.20 Å². The van der Waals surface area contributed by atoms with Crippen molar-refractivity contribution in [3.8, 4) is 0 Å². The molecule has 5 heteroatoms. The Morgan fingerprint density at radius 2 is 2.28 bits per heavy atom. The summed E-state index contributed by atoms with van der Waals surface area (Å²) in [5.41, 5.74) is 7.46. The summed E-state index contributed by atoms with van der Waals surface area (Å²) in [5, 5.41) is 2.89. The lowest BCUT2D eigenvalue weighted by molar-refractivity contribution is -0.117. The molecule has 18 heavy (non-hydrogen) atoms. The van der Waals surface area contributed by atoms with E-state index in [0.29, 0.717) is 12.6 Å². The maximum Gasteiger partial charge on any atom is 0.238 e. The number of pyridine rings is 1. The Balaban J connectivity index is 1.84. The molecule has 0 saturated carbocycles. The quantitative estimate of drug-likeness (QED) is 0.828. The van der Waals surface area contributed by atoms with E-state index >= 15 is 0 Å². The number of rotatable bonds is 3. The minimum atomic E-state index is 0.0153. The van der Waals surface area contributed by atoms with Crippen LogP contribution in [-0.4, -0.2) is 41.5 Å². The number of nitrogens with one attached hydrogen (secondary N) is 1. The first-order valence-electron chi connectivity index (χ1n) is 6.34. The lowest BCUT2D eigenvalue weighted by Gasteiger charge is -2.29. The van der Waals surface area contributed by atoms with Gasteiger partial charge in [-0.3, -0.25) is 14.7 Å². The molecule has 5 nitrogen and oxygen atoms in total.